The van der Waals surface area contributed by atoms with Crippen molar-refractivity contribution < 1.29 is 19.1 Å². The fraction of sp³-hybridized carbons (Fsp3) is 0.0500. The van der Waals surface area contributed by atoms with Gasteiger partial charge in [0.2, 0.25) is 0 Å². The van der Waals surface area contributed by atoms with Gasteiger partial charge in [-0.25, -0.2) is 9.69 Å². The van der Waals surface area contributed by atoms with Gasteiger partial charge in [0.15, 0.2) is 0 Å². The second-order valence-corrected chi connectivity index (χ2v) is 6.42. The molecule has 2 aromatic rings. The topological polar surface area (TPSA) is 75.7 Å². The molecule has 1 saturated heterocycles. The van der Waals surface area contributed by atoms with Crippen molar-refractivity contribution in [3.8, 4) is 18.1 Å². The summed E-state index contributed by atoms with van der Waals surface area (Å²) >= 11 is 3.30. The van der Waals surface area contributed by atoms with Gasteiger partial charge in [-0.05, 0) is 48.0 Å². The fourth-order valence-corrected chi connectivity index (χ4v) is 2.73. The lowest BCUT2D eigenvalue weighted by atomic mass is 10.1. The molecule has 2 aromatic carbocycles. The molecule has 1 fully saturated rings. The summed E-state index contributed by atoms with van der Waals surface area (Å²) in [5.41, 5.74) is 0.755. The number of urea groups is 1. The molecular formula is C20H13BrN2O4. The molecule has 0 bridgehead atoms. The van der Waals surface area contributed by atoms with Gasteiger partial charge in [-0.3, -0.25) is 14.9 Å². The van der Waals surface area contributed by atoms with Crippen LogP contribution < -0.4 is 15.0 Å². The number of nitrogens with zero attached hydrogens (tertiary/aromatic N) is 1. The summed E-state index contributed by atoms with van der Waals surface area (Å²) in [6.07, 6.45) is 6.57. The van der Waals surface area contributed by atoms with Gasteiger partial charge in [0.05, 0.1) is 5.69 Å². The molecule has 0 unspecified atom stereocenters. The Morgan fingerprint density at radius 3 is 2.59 bits per heavy atom. The number of barbiturate groups is 1. The molecule has 27 heavy (non-hydrogen) atoms. The van der Waals surface area contributed by atoms with Crippen LogP contribution in [0.25, 0.3) is 6.08 Å². The Hall–Kier alpha value is -3.37. The average molecular weight is 425 g/mol. The third kappa shape index (κ3) is 4.07. The Balaban J connectivity index is 1.94. The number of imide groups is 2. The molecule has 1 heterocycles. The van der Waals surface area contributed by atoms with E-state index in [0.29, 0.717) is 17.0 Å². The Morgan fingerprint density at radius 1 is 1.15 bits per heavy atom. The minimum Gasteiger partial charge on any atom is -0.481 e. The number of ether oxygens (including phenoxy) is 1. The van der Waals surface area contributed by atoms with Crippen molar-refractivity contribution in [3.05, 3.63) is 64.1 Å². The number of amides is 4. The van der Waals surface area contributed by atoms with Gasteiger partial charge in [-0.15, -0.1) is 6.42 Å². The van der Waals surface area contributed by atoms with Crippen molar-refractivity contribution in [1.29, 1.82) is 0 Å². The normalized spacial score (nSPS) is 15.5. The number of rotatable bonds is 4. The number of hydrogen-bond acceptors (Lipinski definition) is 4. The lowest BCUT2D eigenvalue weighted by Crippen LogP contribution is -2.54. The maximum Gasteiger partial charge on any atom is 0.335 e. The Kier molecular flexibility index (Phi) is 5.38. The van der Waals surface area contributed by atoms with E-state index in [1.165, 1.54) is 6.08 Å². The van der Waals surface area contributed by atoms with E-state index in [-0.39, 0.29) is 12.2 Å². The number of halogens is 1. The van der Waals surface area contributed by atoms with Crippen LogP contribution in [0, 0.1) is 12.3 Å². The van der Waals surface area contributed by atoms with Crippen LogP contribution in [0.3, 0.4) is 0 Å². The fourth-order valence-electron chi connectivity index (χ4n) is 2.47. The zero-order valence-corrected chi connectivity index (χ0v) is 15.5. The van der Waals surface area contributed by atoms with Crippen LogP contribution in [0.2, 0.25) is 0 Å². The SMILES string of the molecule is C#CCOc1cccc(/C=C2/C(=O)NC(=O)N(c3ccc(Br)cc3)C2=O)c1. The molecule has 0 aromatic heterocycles. The van der Waals surface area contributed by atoms with E-state index < -0.39 is 17.8 Å². The number of carbonyl (C=O) groups is 3. The Labute approximate surface area is 163 Å². The zero-order chi connectivity index (χ0) is 19.4. The van der Waals surface area contributed by atoms with Crippen LogP contribution in [0.1, 0.15) is 5.56 Å². The number of terminal acetylenes is 1. The summed E-state index contributed by atoms with van der Waals surface area (Å²) in [5, 5.41) is 2.18. The maximum atomic E-state index is 12.8. The lowest BCUT2D eigenvalue weighted by molar-refractivity contribution is -0.122. The monoisotopic (exact) mass is 424 g/mol. The van der Waals surface area contributed by atoms with E-state index in [9.17, 15) is 14.4 Å². The molecule has 1 aliphatic heterocycles. The van der Waals surface area contributed by atoms with Crippen molar-refractivity contribution in [3.63, 3.8) is 0 Å². The van der Waals surface area contributed by atoms with Crippen molar-refractivity contribution in [2.24, 2.45) is 0 Å². The molecule has 6 nitrogen and oxygen atoms in total. The van der Waals surface area contributed by atoms with Gasteiger partial charge < -0.3 is 4.74 Å². The van der Waals surface area contributed by atoms with Crippen molar-refractivity contribution >= 4 is 45.5 Å². The summed E-state index contributed by atoms with van der Waals surface area (Å²) in [6.45, 7) is 0.102. The van der Waals surface area contributed by atoms with Gasteiger partial charge in [0, 0.05) is 4.47 Å². The first-order chi connectivity index (χ1) is 13.0. The summed E-state index contributed by atoms with van der Waals surface area (Å²) in [7, 11) is 0. The molecule has 1 aliphatic rings. The molecule has 7 heteroatoms. The van der Waals surface area contributed by atoms with E-state index in [1.807, 2.05) is 0 Å². The summed E-state index contributed by atoms with van der Waals surface area (Å²) in [6, 6.07) is 12.6. The quantitative estimate of drug-likeness (QED) is 0.464. The third-order valence-corrected chi connectivity index (χ3v) is 4.21. The van der Waals surface area contributed by atoms with Crippen molar-refractivity contribution in [1.82, 2.24) is 5.32 Å². The zero-order valence-electron chi connectivity index (χ0n) is 13.9. The number of nitrogens with one attached hydrogen (secondary N) is 1. The first-order valence-electron chi connectivity index (χ1n) is 7.83. The van der Waals surface area contributed by atoms with Crippen LogP contribution in [-0.2, 0) is 9.59 Å². The van der Waals surface area contributed by atoms with E-state index >= 15 is 0 Å². The molecule has 4 amide bonds. The van der Waals surface area contributed by atoms with Gasteiger partial charge in [0.1, 0.15) is 17.9 Å². The first kappa shape index (κ1) is 18.4. The number of carbonyl (C=O) groups excluding carboxylic acids is 3. The van der Waals surface area contributed by atoms with Crippen molar-refractivity contribution in [2.75, 3.05) is 11.5 Å². The van der Waals surface area contributed by atoms with Gasteiger partial charge >= 0.3 is 6.03 Å². The molecule has 0 aliphatic carbocycles. The van der Waals surface area contributed by atoms with Crippen LogP contribution in [0.15, 0.2) is 58.6 Å². The summed E-state index contributed by atoms with van der Waals surface area (Å²) in [4.78, 5) is 38.1. The maximum absolute atomic E-state index is 12.8. The molecule has 3 rings (SSSR count). The predicted molar refractivity (Wildman–Crippen MR) is 104 cm³/mol. The molecule has 134 valence electrons. The molecule has 0 atom stereocenters. The highest BCUT2D eigenvalue weighted by Gasteiger charge is 2.36. The number of anilines is 1. The Morgan fingerprint density at radius 2 is 1.89 bits per heavy atom. The first-order valence-corrected chi connectivity index (χ1v) is 8.62. The van der Waals surface area contributed by atoms with Crippen LogP contribution in [-0.4, -0.2) is 24.5 Å². The second-order valence-electron chi connectivity index (χ2n) is 5.50. The van der Waals surface area contributed by atoms with Gasteiger partial charge in [-0.2, -0.15) is 0 Å². The number of hydrogen-bond donors (Lipinski definition) is 1. The Bertz CT molecular complexity index is 990. The summed E-state index contributed by atoms with van der Waals surface area (Å²) < 4.78 is 6.14. The van der Waals surface area contributed by atoms with Gasteiger partial charge in [0.25, 0.3) is 11.8 Å². The minimum atomic E-state index is -0.796. The highest BCUT2D eigenvalue weighted by Crippen LogP contribution is 2.24. The lowest BCUT2D eigenvalue weighted by Gasteiger charge is -2.26. The highest BCUT2D eigenvalue weighted by atomic mass is 79.9. The predicted octanol–water partition coefficient (Wildman–Crippen LogP) is 3.13. The van der Waals surface area contributed by atoms with Crippen LogP contribution in [0.5, 0.6) is 5.75 Å². The highest BCUT2D eigenvalue weighted by molar-refractivity contribution is 9.10. The minimum absolute atomic E-state index is 0.102. The molecule has 1 N–H and O–H groups in total. The number of benzene rings is 2. The standard InChI is InChI=1S/C20H13BrN2O4/c1-2-10-27-16-5-3-4-13(11-16)12-17-18(24)22-20(26)23(19(17)25)15-8-6-14(21)7-9-15/h1,3-9,11-12H,10H2,(H,22,24,26)/b17-12-. The van der Waals surface area contributed by atoms with E-state index in [0.717, 1.165) is 9.37 Å². The average Bonchev–Trinajstić information content (AvgIpc) is 2.65. The molecule has 0 radical (unpaired) electrons. The van der Waals surface area contributed by atoms with E-state index in [2.05, 4.69) is 27.2 Å². The second kappa shape index (κ2) is 7.89. The summed E-state index contributed by atoms with van der Waals surface area (Å²) in [5.74, 6) is 1.40. The van der Waals surface area contributed by atoms with Crippen LogP contribution >= 0.6 is 15.9 Å². The largest absolute Gasteiger partial charge is 0.481 e. The third-order valence-electron chi connectivity index (χ3n) is 3.68. The molecular weight excluding hydrogens is 412 g/mol. The van der Waals surface area contributed by atoms with E-state index in [1.54, 1.807) is 48.5 Å². The molecule has 0 spiro atoms. The van der Waals surface area contributed by atoms with Gasteiger partial charge in [-0.1, -0.05) is 34.0 Å². The van der Waals surface area contributed by atoms with Crippen LogP contribution in [0.4, 0.5) is 10.5 Å². The molecule has 0 saturated carbocycles. The smallest absolute Gasteiger partial charge is 0.335 e. The van der Waals surface area contributed by atoms with Crippen molar-refractivity contribution in [2.45, 2.75) is 0 Å². The van der Waals surface area contributed by atoms with E-state index in [4.69, 9.17) is 11.2 Å².